The molecule has 41 heavy (non-hydrogen) atoms. The van der Waals surface area contributed by atoms with Crippen LogP contribution in [0.3, 0.4) is 0 Å². The van der Waals surface area contributed by atoms with Crippen molar-refractivity contribution in [3.8, 4) is 5.75 Å². The quantitative estimate of drug-likeness (QED) is 0.330. The van der Waals surface area contributed by atoms with E-state index in [1.54, 1.807) is 24.3 Å². The van der Waals surface area contributed by atoms with Crippen molar-refractivity contribution in [3.05, 3.63) is 47.8 Å². The van der Waals surface area contributed by atoms with E-state index in [1.807, 2.05) is 11.8 Å². The number of allylic oxidation sites excluding steroid dienone is 2. The highest BCUT2D eigenvalue weighted by Gasteiger charge is 2.58. The lowest BCUT2D eigenvalue weighted by Crippen LogP contribution is -2.52. The summed E-state index contributed by atoms with van der Waals surface area (Å²) in [4.78, 5) is 7.42. The SMILES string of the molecule is CC1(C2OC2N)CCCN1C(O)C1=CC(F)C(c2ccc(OCC3CCN(CC(F)(F)C(F)(F)F)CC3)cn2)C=C1. The second-order valence-electron chi connectivity index (χ2n) is 11.7. The van der Waals surface area contributed by atoms with Gasteiger partial charge in [0.15, 0.2) is 0 Å². The van der Waals surface area contributed by atoms with Crippen LogP contribution in [0.25, 0.3) is 0 Å². The van der Waals surface area contributed by atoms with Crippen molar-refractivity contribution in [1.29, 1.82) is 0 Å². The van der Waals surface area contributed by atoms with Gasteiger partial charge in [0.05, 0.1) is 36.5 Å². The van der Waals surface area contributed by atoms with Gasteiger partial charge in [-0.25, -0.2) is 4.39 Å². The summed E-state index contributed by atoms with van der Waals surface area (Å²) in [5.41, 5.74) is 6.45. The average Bonchev–Trinajstić information content (AvgIpc) is 3.54. The van der Waals surface area contributed by atoms with Crippen molar-refractivity contribution in [2.24, 2.45) is 11.7 Å². The fraction of sp³-hybridized carbons (Fsp3) is 0.679. The number of nitrogens with zero attached hydrogens (tertiary/aromatic N) is 3. The van der Waals surface area contributed by atoms with E-state index in [-0.39, 0.29) is 37.9 Å². The highest BCUT2D eigenvalue weighted by Crippen LogP contribution is 2.44. The Morgan fingerprint density at radius 2 is 1.90 bits per heavy atom. The molecule has 7 nitrogen and oxygen atoms in total. The minimum atomic E-state index is -5.56. The number of hydrogen-bond donors (Lipinski definition) is 2. The molecule has 13 heteroatoms. The number of aliphatic hydroxyl groups excluding tert-OH is 1. The molecule has 3 aliphatic heterocycles. The zero-order chi connectivity index (χ0) is 29.6. The molecule has 6 atom stereocenters. The number of hydrogen-bond acceptors (Lipinski definition) is 7. The highest BCUT2D eigenvalue weighted by molar-refractivity contribution is 5.36. The Kier molecular flexibility index (Phi) is 8.47. The molecule has 0 bridgehead atoms. The van der Waals surface area contributed by atoms with Gasteiger partial charge < -0.3 is 20.3 Å². The van der Waals surface area contributed by atoms with Crippen molar-refractivity contribution in [1.82, 2.24) is 14.8 Å². The Morgan fingerprint density at radius 1 is 1.20 bits per heavy atom. The van der Waals surface area contributed by atoms with Crippen LogP contribution in [0.5, 0.6) is 5.75 Å². The van der Waals surface area contributed by atoms with E-state index in [1.165, 1.54) is 12.3 Å². The second kappa shape index (κ2) is 11.5. The molecule has 0 saturated carbocycles. The number of likely N-dealkylation sites (tertiary alicyclic amines) is 2. The molecule has 0 radical (unpaired) electrons. The molecule has 4 heterocycles. The Balaban J connectivity index is 1.10. The summed E-state index contributed by atoms with van der Waals surface area (Å²) in [6.07, 6.45) is 0.475. The van der Waals surface area contributed by atoms with Gasteiger partial charge in [-0.05, 0) is 75.4 Å². The van der Waals surface area contributed by atoms with Crippen molar-refractivity contribution in [2.45, 2.75) is 80.9 Å². The van der Waals surface area contributed by atoms with Gasteiger partial charge in [0.25, 0.3) is 0 Å². The molecule has 0 spiro atoms. The number of ether oxygens (including phenoxy) is 2. The molecule has 3 fully saturated rings. The molecule has 0 amide bonds. The van der Waals surface area contributed by atoms with Crippen LogP contribution in [0.1, 0.15) is 44.2 Å². The van der Waals surface area contributed by atoms with Crippen LogP contribution in [0.2, 0.25) is 0 Å². The molecule has 228 valence electrons. The predicted molar refractivity (Wildman–Crippen MR) is 138 cm³/mol. The maximum Gasteiger partial charge on any atom is 0.454 e. The zero-order valence-electron chi connectivity index (χ0n) is 22.7. The molecule has 5 rings (SSSR count). The number of nitrogens with two attached hydrogens (primary N) is 1. The van der Waals surface area contributed by atoms with E-state index in [2.05, 4.69) is 4.98 Å². The van der Waals surface area contributed by atoms with E-state index in [0.29, 0.717) is 36.4 Å². The molecule has 1 aliphatic carbocycles. The van der Waals surface area contributed by atoms with Crippen LogP contribution < -0.4 is 10.5 Å². The summed E-state index contributed by atoms with van der Waals surface area (Å²) >= 11 is 0. The summed E-state index contributed by atoms with van der Waals surface area (Å²) in [6, 6.07) is 3.34. The van der Waals surface area contributed by atoms with E-state index >= 15 is 4.39 Å². The summed E-state index contributed by atoms with van der Waals surface area (Å²) < 4.78 is 90.5. The Hall–Kier alpha value is -2.19. The number of aromatic nitrogens is 1. The normalized spacial score (nSPS) is 32.7. The minimum absolute atomic E-state index is 0.0107. The summed E-state index contributed by atoms with van der Waals surface area (Å²) in [6.45, 7) is 1.87. The van der Waals surface area contributed by atoms with Gasteiger partial charge in [-0.1, -0.05) is 12.2 Å². The third-order valence-electron chi connectivity index (χ3n) is 8.79. The van der Waals surface area contributed by atoms with Crippen molar-refractivity contribution < 1.29 is 40.9 Å². The minimum Gasteiger partial charge on any atom is -0.492 e. The van der Waals surface area contributed by atoms with E-state index in [4.69, 9.17) is 15.2 Å². The van der Waals surface area contributed by atoms with Crippen LogP contribution in [0.4, 0.5) is 26.3 Å². The third kappa shape index (κ3) is 6.43. The van der Waals surface area contributed by atoms with E-state index in [0.717, 1.165) is 17.7 Å². The summed E-state index contributed by atoms with van der Waals surface area (Å²) in [5, 5.41) is 11.1. The fourth-order valence-electron chi connectivity index (χ4n) is 6.19. The lowest BCUT2D eigenvalue weighted by Gasteiger charge is -2.38. The third-order valence-corrected chi connectivity index (χ3v) is 8.79. The number of halogens is 6. The fourth-order valence-corrected chi connectivity index (χ4v) is 6.19. The number of piperidine rings is 1. The largest absolute Gasteiger partial charge is 0.492 e. The van der Waals surface area contributed by atoms with Crippen LogP contribution in [-0.4, -0.2) is 95.0 Å². The molecular weight excluding hydrogens is 554 g/mol. The molecule has 1 aromatic rings. The van der Waals surface area contributed by atoms with Gasteiger partial charge in [-0.2, -0.15) is 22.0 Å². The number of aliphatic hydroxyl groups is 1. The van der Waals surface area contributed by atoms with Crippen LogP contribution in [-0.2, 0) is 4.74 Å². The van der Waals surface area contributed by atoms with E-state index < -0.39 is 42.5 Å². The molecule has 3 N–H and O–H groups in total. The number of pyridine rings is 1. The maximum absolute atomic E-state index is 15.3. The summed E-state index contributed by atoms with van der Waals surface area (Å²) in [5.74, 6) is -4.90. The van der Waals surface area contributed by atoms with Gasteiger partial charge >= 0.3 is 12.1 Å². The Morgan fingerprint density at radius 3 is 2.49 bits per heavy atom. The molecule has 4 aliphatic rings. The molecule has 3 saturated heterocycles. The summed E-state index contributed by atoms with van der Waals surface area (Å²) in [7, 11) is 0. The average molecular weight is 591 g/mol. The molecule has 6 unspecified atom stereocenters. The van der Waals surface area contributed by atoms with E-state index in [9.17, 15) is 27.1 Å². The number of alkyl halides is 6. The lowest BCUT2D eigenvalue weighted by molar-refractivity contribution is -0.287. The molecular formula is C28H36F6N4O3. The predicted octanol–water partition coefficient (Wildman–Crippen LogP) is 4.14. The monoisotopic (exact) mass is 590 g/mol. The first-order valence-electron chi connectivity index (χ1n) is 13.9. The topological polar surface area (TPSA) is 87.4 Å². The van der Waals surface area contributed by atoms with Gasteiger partial charge in [0.1, 0.15) is 30.5 Å². The van der Waals surface area contributed by atoms with Crippen LogP contribution >= 0.6 is 0 Å². The van der Waals surface area contributed by atoms with Crippen molar-refractivity contribution in [3.63, 3.8) is 0 Å². The number of rotatable bonds is 9. The zero-order valence-corrected chi connectivity index (χ0v) is 22.7. The van der Waals surface area contributed by atoms with Gasteiger partial charge in [-0.3, -0.25) is 14.8 Å². The van der Waals surface area contributed by atoms with Crippen molar-refractivity contribution in [2.75, 3.05) is 32.8 Å². The standard InChI is InChI=1S/C28H36F6N4O3/c1-26(23-24(35)41-23)9-2-10-38(26)25(39)18-3-5-20(21(29)13-18)22-6-4-19(14-36-22)40-15-17-7-11-37(12-8-17)16-27(30,31)28(32,33)34/h3-6,13-14,17,20-21,23-25,39H,2,7-12,15-16,35H2,1H3. The lowest BCUT2D eigenvalue weighted by atomic mass is 9.89. The second-order valence-corrected chi connectivity index (χ2v) is 11.7. The van der Waals surface area contributed by atoms with Crippen LogP contribution in [0, 0.1) is 5.92 Å². The van der Waals surface area contributed by atoms with Crippen molar-refractivity contribution >= 4 is 0 Å². The molecule has 0 aromatic carbocycles. The van der Waals surface area contributed by atoms with Crippen LogP contribution in [0.15, 0.2) is 42.1 Å². The number of epoxide rings is 1. The van der Waals surface area contributed by atoms with Gasteiger partial charge in [0, 0.05) is 6.54 Å². The molecule has 1 aromatic heterocycles. The van der Waals surface area contributed by atoms with Gasteiger partial charge in [0.2, 0.25) is 0 Å². The van der Waals surface area contributed by atoms with Gasteiger partial charge in [-0.15, -0.1) is 0 Å². The first-order chi connectivity index (χ1) is 19.3. The first kappa shape index (κ1) is 30.3. The highest BCUT2D eigenvalue weighted by atomic mass is 19.4. The maximum atomic E-state index is 15.3. The Labute approximate surface area is 235 Å². The smallest absolute Gasteiger partial charge is 0.454 e. The Bertz CT molecular complexity index is 1120. The first-order valence-corrected chi connectivity index (χ1v) is 13.9.